The molecule has 0 heterocycles. The molecule has 14 heavy (non-hydrogen) atoms. The van der Waals surface area contributed by atoms with Crippen LogP contribution < -0.4 is 5.32 Å². The van der Waals surface area contributed by atoms with Gasteiger partial charge in [-0.25, -0.2) is 0 Å². The van der Waals surface area contributed by atoms with Crippen LogP contribution in [0.5, 0.6) is 0 Å². The lowest BCUT2D eigenvalue weighted by Crippen LogP contribution is -2.40. The monoisotopic (exact) mass is 207 g/mol. The van der Waals surface area contributed by atoms with E-state index in [1.807, 2.05) is 6.92 Å². The lowest BCUT2D eigenvalue weighted by atomic mass is 10.1. The summed E-state index contributed by atoms with van der Waals surface area (Å²) in [5.41, 5.74) is 0. The molecule has 3 unspecified atom stereocenters. The summed E-state index contributed by atoms with van der Waals surface area (Å²) in [7, 11) is 0. The van der Waals surface area contributed by atoms with Crippen LogP contribution in [0.15, 0.2) is 0 Å². The summed E-state index contributed by atoms with van der Waals surface area (Å²) in [6.07, 6.45) is -2.17. The highest BCUT2D eigenvalue weighted by Crippen LogP contribution is 2.03. The molecule has 0 aromatic carbocycles. The van der Waals surface area contributed by atoms with Crippen molar-refractivity contribution in [2.75, 3.05) is 19.7 Å². The number of aliphatic hydroxyl groups is 4. The van der Waals surface area contributed by atoms with Gasteiger partial charge in [0.2, 0.25) is 0 Å². The normalized spacial score (nSPS) is 17.8. The Hall–Kier alpha value is -0.200. The van der Waals surface area contributed by atoms with E-state index in [0.717, 1.165) is 13.0 Å². The zero-order chi connectivity index (χ0) is 11.0. The van der Waals surface area contributed by atoms with Gasteiger partial charge in [0.1, 0.15) is 12.2 Å². The molecule has 0 radical (unpaired) electrons. The van der Waals surface area contributed by atoms with Gasteiger partial charge in [-0.2, -0.15) is 0 Å². The van der Waals surface area contributed by atoms with E-state index in [2.05, 4.69) is 5.32 Å². The van der Waals surface area contributed by atoms with Crippen LogP contribution >= 0.6 is 0 Å². The second-order valence-corrected chi connectivity index (χ2v) is 3.35. The van der Waals surface area contributed by atoms with Crippen LogP contribution in [0.1, 0.15) is 19.8 Å². The molecular formula is C9H21NO4. The smallest absolute Gasteiger partial charge is 0.108 e. The van der Waals surface area contributed by atoms with E-state index in [1.54, 1.807) is 0 Å². The summed E-state index contributed by atoms with van der Waals surface area (Å²) in [5.74, 6) is 0. The molecule has 0 saturated heterocycles. The first kappa shape index (κ1) is 13.8. The Balaban J connectivity index is 3.56. The first-order chi connectivity index (χ1) is 6.63. The molecule has 0 amide bonds. The SMILES string of the molecule is CCCNCCC(O)C(O)C(O)CO. The van der Waals surface area contributed by atoms with Gasteiger partial charge in [0.15, 0.2) is 0 Å². The van der Waals surface area contributed by atoms with Gasteiger partial charge in [0.05, 0.1) is 12.7 Å². The molecule has 86 valence electrons. The van der Waals surface area contributed by atoms with Crippen molar-refractivity contribution in [1.82, 2.24) is 5.32 Å². The van der Waals surface area contributed by atoms with E-state index >= 15 is 0 Å². The first-order valence-electron chi connectivity index (χ1n) is 4.99. The van der Waals surface area contributed by atoms with Gasteiger partial charge in [0.25, 0.3) is 0 Å². The van der Waals surface area contributed by atoms with Gasteiger partial charge in [-0.3, -0.25) is 0 Å². The number of aliphatic hydroxyl groups excluding tert-OH is 4. The fourth-order valence-electron chi connectivity index (χ4n) is 1.09. The molecule has 5 heteroatoms. The third kappa shape index (κ3) is 5.51. The summed E-state index contributed by atoms with van der Waals surface area (Å²) in [6, 6.07) is 0. The van der Waals surface area contributed by atoms with Crippen molar-refractivity contribution < 1.29 is 20.4 Å². The van der Waals surface area contributed by atoms with Gasteiger partial charge < -0.3 is 25.7 Å². The number of hydrogen-bond acceptors (Lipinski definition) is 5. The van der Waals surface area contributed by atoms with Crippen LogP contribution in [0.4, 0.5) is 0 Å². The van der Waals surface area contributed by atoms with Gasteiger partial charge >= 0.3 is 0 Å². The Morgan fingerprint density at radius 1 is 1.07 bits per heavy atom. The lowest BCUT2D eigenvalue weighted by Gasteiger charge is -2.21. The molecule has 3 atom stereocenters. The number of rotatable bonds is 8. The zero-order valence-corrected chi connectivity index (χ0v) is 8.56. The van der Waals surface area contributed by atoms with Crippen LogP contribution in [0.2, 0.25) is 0 Å². The molecule has 0 aromatic heterocycles. The molecule has 5 nitrogen and oxygen atoms in total. The predicted molar refractivity (Wildman–Crippen MR) is 52.9 cm³/mol. The third-order valence-corrected chi connectivity index (χ3v) is 2.02. The minimum atomic E-state index is -1.27. The van der Waals surface area contributed by atoms with Crippen molar-refractivity contribution in [3.63, 3.8) is 0 Å². The Morgan fingerprint density at radius 3 is 2.21 bits per heavy atom. The average Bonchev–Trinajstić information content (AvgIpc) is 2.21. The van der Waals surface area contributed by atoms with Crippen LogP contribution in [0.25, 0.3) is 0 Å². The number of nitrogens with one attached hydrogen (secondary N) is 1. The minimum absolute atomic E-state index is 0.359. The van der Waals surface area contributed by atoms with Gasteiger partial charge in [-0.1, -0.05) is 6.92 Å². The fourth-order valence-corrected chi connectivity index (χ4v) is 1.09. The van der Waals surface area contributed by atoms with Crippen molar-refractivity contribution in [1.29, 1.82) is 0 Å². The van der Waals surface area contributed by atoms with E-state index in [4.69, 9.17) is 10.2 Å². The van der Waals surface area contributed by atoms with Crippen molar-refractivity contribution in [2.45, 2.75) is 38.1 Å². The third-order valence-electron chi connectivity index (χ3n) is 2.02. The van der Waals surface area contributed by atoms with E-state index in [9.17, 15) is 10.2 Å². The van der Waals surface area contributed by atoms with E-state index < -0.39 is 24.9 Å². The molecule has 0 spiro atoms. The standard InChI is InChI=1S/C9H21NO4/c1-2-4-10-5-3-7(12)9(14)8(13)6-11/h7-14H,2-6H2,1H3. The Kier molecular flexibility index (Phi) is 8.02. The molecule has 0 bridgehead atoms. The fraction of sp³-hybridized carbons (Fsp3) is 1.00. The van der Waals surface area contributed by atoms with Crippen molar-refractivity contribution >= 4 is 0 Å². The molecule has 0 aliphatic rings. The van der Waals surface area contributed by atoms with Crippen molar-refractivity contribution in [2.24, 2.45) is 0 Å². The average molecular weight is 207 g/mol. The highest BCUT2D eigenvalue weighted by Gasteiger charge is 2.23. The molecule has 0 saturated carbocycles. The van der Waals surface area contributed by atoms with Crippen molar-refractivity contribution in [3.05, 3.63) is 0 Å². The van der Waals surface area contributed by atoms with Gasteiger partial charge in [-0.15, -0.1) is 0 Å². The second kappa shape index (κ2) is 8.14. The Bertz CT molecular complexity index is 134. The molecule has 0 aliphatic carbocycles. The summed E-state index contributed by atoms with van der Waals surface area (Å²) < 4.78 is 0. The van der Waals surface area contributed by atoms with Crippen LogP contribution in [-0.2, 0) is 0 Å². The summed E-state index contributed by atoms with van der Waals surface area (Å²) in [5, 5.41) is 39.2. The highest BCUT2D eigenvalue weighted by molar-refractivity contribution is 4.75. The van der Waals surface area contributed by atoms with Crippen LogP contribution in [-0.4, -0.2) is 58.4 Å². The van der Waals surface area contributed by atoms with E-state index in [0.29, 0.717) is 13.0 Å². The summed E-state index contributed by atoms with van der Waals surface area (Å²) >= 11 is 0. The maximum Gasteiger partial charge on any atom is 0.108 e. The van der Waals surface area contributed by atoms with Gasteiger partial charge in [-0.05, 0) is 25.9 Å². The molecule has 0 rings (SSSR count). The maximum absolute atomic E-state index is 9.36. The predicted octanol–water partition coefficient (Wildman–Crippen LogP) is -1.55. The Morgan fingerprint density at radius 2 is 1.71 bits per heavy atom. The van der Waals surface area contributed by atoms with E-state index in [1.165, 1.54) is 0 Å². The summed E-state index contributed by atoms with van der Waals surface area (Å²) in [6.45, 7) is 2.95. The van der Waals surface area contributed by atoms with E-state index in [-0.39, 0.29) is 0 Å². The second-order valence-electron chi connectivity index (χ2n) is 3.35. The largest absolute Gasteiger partial charge is 0.394 e. The summed E-state index contributed by atoms with van der Waals surface area (Å²) in [4.78, 5) is 0. The van der Waals surface area contributed by atoms with Crippen LogP contribution in [0, 0.1) is 0 Å². The minimum Gasteiger partial charge on any atom is -0.394 e. The number of hydrogen-bond donors (Lipinski definition) is 5. The first-order valence-corrected chi connectivity index (χ1v) is 4.99. The zero-order valence-electron chi connectivity index (χ0n) is 8.56. The van der Waals surface area contributed by atoms with Gasteiger partial charge in [0, 0.05) is 0 Å². The van der Waals surface area contributed by atoms with Crippen molar-refractivity contribution in [3.8, 4) is 0 Å². The molecule has 5 N–H and O–H groups in total. The topological polar surface area (TPSA) is 93.0 Å². The molecular weight excluding hydrogens is 186 g/mol. The molecule has 0 aliphatic heterocycles. The highest BCUT2D eigenvalue weighted by atomic mass is 16.4. The molecule has 0 aromatic rings. The quantitative estimate of drug-likeness (QED) is 0.311. The molecule has 0 fully saturated rings. The lowest BCUT2D eigenvalue weighted by molar-refractivity contribution is -0.0778. The van der Waals surface area contributed by atoms with Crippen LogP contribution in [0.3, 0.4) is 0 Å². The Labute approximate surface area is 84.4 Å². The maximum atomic E-state index is 9.36.